The van der Waals surface area contributed by atoms with Crippen molar-refractivity contribution in [3.63, 3.8) is 0 Å². The van der Waals surface area contributed by atoms with Crippen molar-refractivity contribution < 1.29 is 28.2 Å². The monoisotopic (exact) mass is 498 g/mol. The van der Waals surface area contributed by atoms with Crippen molar-refractivity contribution in [1.82, 2.24) is 0 Å². The average molecular weight is 499 g/mol. The quantitative estimate of drug-likeness (QED) is 0.179. The Hall–Kier alpha value is -4.52. The van der Waals surface area contributed by atoms with Crippen LogP contribution in [-0.4, -0.2) is 26.8 Å². The molecule has 0 fully saturated rings. The number of hydrogen-bond acceptors (Lipinski definition) is 7. The summed E-state index contributed by atoms with van der Waals surface area (Å²) >= 11 is 0. The van der Waals surface area contributed by atoms with E-state index >= 15 is 0 Å². The molecule has 4 aromatic rings. The van der Waals surface area contributed by atoms with Crippen molar-refractivity contribution in [2.24, 2.45) is 0 Å². The molecule has 0 radical (unpaired) electrons. The lowest BCUT2D eigenvalue weighted by molar-refractivity contribution is -0.135. The number of para-hydroxylation sites is 1. The molecular formula is C30H26O7. The highest BCUT2D eigenvalue weighted by Gasteiger charge is 2.35. The SMILES string of the molecule is C=C(C)COc1ccccc1[C@H]1CC(=O)Oc2cc(OC)c3c(=O)c(-c4ccc(OC)cc4)coc3c21. The molecule has 37 heavy (non-hydrogen) atoms. The Kier molecular flexibility index (Phi) is 6.44. The summed E-state index contributed by atoms with van der Waals surface area (Å²) in [4.78, 5) is 26.4. The lowest BCUT2D eigenvalue weighted by Gasteiger charge is -2.27. The lowest BCUT2D eigenvalue weighted by Crippen LogP contribution is -2.23. The van der Waals surface area contributed by atoms with E-state index in [4.69, 9.17) is 23.4 Å². The van der Waals surface area contributed by atoms with E-state index in [1.54, 1.807) is 37.4 Å². The highest BCUT2D eigenvalue weighted by atomic mass is 16.5. The van der Waals surface area contributed by atoms with Gasteiger partial charge in [0, 0.05) is 23.1 Å². The van der Waals surface area contributed by atoms with Gasteiger partial charge in [0.15, 0.2) is 0 Å². The predicted octanol–water partition coefficient (Wildman–Crippen LogP) is 5.87. The van der Waals surface area contributed by atoms with Crippen LogP contribution < -0.4 is 24.4 Å². The van der Waals surface area contributed by atoms with Gasteiger partial charge in [-0.1, -0.05) is 36.9 Å². The first kappa shape index (κ1) is 24.2. The summed E-state index contributed by atoms with van der Waals surface area (Å²) in [6.07, 6.45) is 1.50. The molecule has 1 aliphatic rings. The van der Waals surface area contributed by atoms with Crippen molar-refractivity contribution in [1.29, 1.82) is 0 Å². The Morgan fingerprint density at radius 2 is 1.78 bits per heavy atom. The summed E-state index contributed by atoms with van der Waals surface area (Å²) < 4.78 is 28.5. The van der Waals surface area contributed by atoms with Crippen molar-refractivity contribution in [2.75, 3.05) is 20.8 Å². The van der Waals surface area contributed by atoms with E-state index in [0.29, 0.717) is 46.1 Å². The van der Waals surface area contributed by atoms with Crippen LogP contribution >= 0.6 is 0 Å². The fourth-order valence-electron chi connectivity index (χ4n) is 4.62. The van der Waals surface area contributed by atoms with E-state index in [-0.39, 0.29) is 23.0 Å². The molecule has 0 N–H and O–H groups in total. The van der Waals surface area contributed by atoms with Gasteiger partial charge in [-0.2, -0.15) is 0 Å². The second kappa shape index (κ2) is 9.85. The van der Waals surface area contributed by atoms with Crippen LogP contribution in [0.4, 0.5) is 0 Å². The number of esters is 1. The van der Waals surface area contributed by atoms with Gasteiger partial charge >= 0.3 is 5.97 Å². The summed E-state index contributed by atoms with van der Waals surface area (Å²) in [6.45, 7) is 6.12. The van der Waals surface area contributed by atoms with E-state index in [1.807, 2.05) is 31.2 Å². The number of carbonyl (C=O) groups excluding carboxylic acids is 1. The predicted molar refractivity (Wildman–Crippen MR) is 140 cm³/mol. The van der Waals surface area contributed by atoms with E-state index in [0.717, 1.165) is 11.1 Å². The van der Waals surface area contributed by atoms with Gasteiger partial charge in [0.25, 0.3) is 0 Å². The normalized spacial score (nSPS) is 14.6. The van der Waals surface area contributed by atoms with Gasteiger partial charge in [-0.3, -0.25) is 9.59 Å². The largest absolute Gasteiger partial charge is 0.497 e. The Labute approximate surface area is 213 Å². The summed E-state index contributed by atoms with van der Waals surface area (Å²) in [7, 11) is 3.04. The van der Waals surface area contributed by atoms with Crippen molar-refractivity contribution in [3.05, 3.63) is 94.4 Å². The summed E-state index contributed by atoms with van der Waals surface area (Å²) in [5.41, 5.74) is 3.36. The van der Waals surface area contributed by atoms with Crippen LogP contribution in [0.15, 0.2) is 82.2 Å². The maximum atomic E-state index is 13.8. The highest BCUT2D eigenvalue weighted by Crippen LogP contribution is 2.47. The molecule has 188 valence electrons. The third-order valence-electron chi connectivity index (χ3n) is 6.34. The molecule has 0 amide bonds. The van der Waals surface area contributed by atoms with Crippen LogP contribution in [0.3, 0.4) is 0 Å². The number of fused-ring (bicyclic) bond motifs is 3. The Balaban J connectivity index is 1.73. The Bertz CT molecular complexity index is 1560. The molecule has 1 aromatic heterocycles. The molecule has 1 aliphatic heterocycles. The second-order valence-corrected chi connectivity index (χ2v) is 8.92. The van der Waals surface area contributed by atoms with Gasteiger partial charge in [0.1, 0.15) is 46.8 Å². The molecule has 7 nitrogen and oxygen atoms in total. The third kappa shape index (κ3) is 4.44. The van der Waals surface area contributed by atoms with Crippen molar-refractivity contribution in [3.8, 4) is 34.1 Å². The molecule has 5 rings (SSSR count). The minimum atomic E-state index is -0.457. The first-order valence-corrected chi connectivity index (χ1v) is 11.8. The van der Waals surface area contributed by atoms with E-state index in [1.165, 1.54) is 13.4 Å². The van der Waals surface area contributed by atoms with Gasteiger partial charge in [-0.05, 0) is 36.3 Å². The van der Waals surface area contributed by atoms with Gasteiger partial charge in [0.05, 0.1) is 26.2 Å². The van der Waals surface area contributed by atoms with E-state index in [9.17, 15) is 9.59 Å². The van der Waals surface area contributed by atoms with Crippen LogP contribution in [0.1, 0.15) is 30.4 Å². The zero-order valence-corrected chi connectivity index (χ0v) is 20.8. The Morgan fingerprint density at radius 3 is 2.49 bits per heavy atom. The molecule has 3 aromatic carbocycles. The number of hydrogen-bond donors (Lipinski definition) is 0. The summed E-state index contributed by atoms with van der Waals surface area (Å²) in [6, 6.07) is 16.2. The van der Waals surface area contributed by atoms with Crippen LogP contribution in [0.25, 0.3) is 22.1 Å². The molecule has 2 heterocycles. The minimum absolute atomic E-state index is 0.0613. The van der Waals surface area contributed by atoms with E-state index in [2.05, 4.69) is 6.58 Å². The molecule has 0 aliphatic carbocycles. The molecule has 0 saturated heterocycles. The summed E-state index contributed by atoms with van der Waals surface area (Å²) in [5, 5.41) is 0.276. The molecule has 0 spiro atoms. The van der Waals surface area contributed by atoms with Crippen LogP contribution in [0.5, 0.6) is 23.0 Å². The van der Waals surface area contributed by atoms with Crippen LogP contribution in [-0.2, 0) is 4.79 Å². The minimum Gasteiger partial charge on any atom is -0.497 e. The van der Waals surface area contributed by atoms with Crippen molar-refractivity contribution >= 4 is 16.9 Å². The van der Waals surface area contributed by atoms with Gasteiger partial charge < -0.3 is 23.4 Å². The second-order valence-electron chi connectivity index (χ2n) is 8.92. The lowest BCUT2D eigenvalue weighted by atomic mass is 9.84. The smallest absolute Gasteiger partial charge is 0.312 e. The molecule has 0 saturated carbocycles. The number of methoxy groups -OCH3 is 2. The molecule has 1 atom stereocenters. The fraction of sp³-hybridized carbons (Fsp3) is 0.200. The summed E-state index contributed by atoms with van der Waals surface area (Å²) in [5.74, 6) is 1.00. The van der Waals surface area contributed by atoms with Crippen molar-refractivity contribution in [2.45, 2.75) is 19.3 Å². The molecular weight excluding hydrogens is 472 g/mol. The number of benzene rings is 3. The molecule has 0 unspecified atom stereocenters. The van der Waals surface area contributed by atoms with Crippen LogP contribution in [0.2, 0.25) is 0 Å². The number of ether oxygens (including phenoxy) is 4. The fourth-order valence-corrected chi connectivity index (χ4v) is 4.62. The third-order valence-corrected chi connectivity index (χ3v) is 6.34. The first-order chi connectivity index (χ1) is 17.9. The molecule has 0 bridgehead atoms. The standard InChI is InChI=1S/C30H26O7/c1-17(2)15-35-23-8-6-5-7-20(23)21-13-26(31)37-25-14-24(34-4)28-29(32)22(16-36-30(28)27(21)25)18-9-11-19(33-3)12-10-18/h5-12,14,16,21H,1,13,15H2,2-4H3/t21-/m1/s1. The maximum absolute atomic E-state index is 13.8. The van der Waals surface area contributed by atoms with Crippen LogP contribution in [0, 0.1) is 0 Å². The Morgan fingerprint density at radius 1 is 1.03 bits per heavy atom. The van der Waals surface area contributed by atoms with E-state index < -0.39 is 11.9 Å². The van der Waals surface area contributed by atoms with Gasteiger partial charge in [0.2, 0.25) is 5.43 Å². The average Bonchev–Trinajstić information content (AvgIpc) is 2.91. The topological polar surface area (TPSA) is 84.2 Å². The number of rotatable bonds is 7. The zero-order valence-electron chi connectivity index (χ0n) is 20.8. The zero-order chi connectivity index (χ0) is 26.1. The molecule has 7 heteroatoms. The van der Waals surface area contributed by atoms with Gasteiger partial charge in [-0.25, -0.2) is 0 Å². The number of carbonyl (C=O) groups is 1. The van der Waals surface area contributed by atoms with Gasteiger partial charge in [-0.15, -0.1) is 0 Å². The highest BCUT2D eigenvalue weighted by molar-refractivity contribution is 5.94. The first-order valence-electron chi connectivity index (χ1n) is 11.8. The maximum Gasteiger partial charge on any atom is 0.312 e.